The molecule has 64 valence electrons. The Kier molecular flexibility index (Phi) is 6.25. The van der Waals surface area contributed by atoms with Gasteiger partial charge in [0.1, 0.15) is 0 Å². The highest BCUT2D eigenvalue weighted by molar-refractivity contribution is 7.51. The molecule has 0 saturated carbocycles. The summed E-state index contributed by atoms with van der Waals surface area (Å²) < 4.78 is 10.2. The van der Waals surface area contributed by atoms with Gasteiger partial charge in [-0.1, -0.05) is 21.3 Å². The average Bonchev–Trinajstić information content (AvgIpc) is 1.59. The molecule has 0 aliphatic rings. The maximum absolute atomic E-state index is 10.2. The molecule has 0 amide bonds. The normalized spacial score (nSPS) is 11.3. The van der Waals surface area contributed by atoms with Crippen LogP contribution in [0.5, 0.6) is 0 Å². The van der Waals surface area contributed by atoms with E-state index in [-0.39, 0.29) is 13.6 Å². The van der Waals surface area contributed by atoms with E-state index in [2.05, 4.69) is 0 Å². The van der Waals surface area contributed by atoms with E-state index in [0.717, 1.165) is 0 Å². The summed E-state index contributed by atoms with van der Waals surface area (Å²) in [6, 6.07) is 0. The van der Waals surface area contributed by atoms with Crippen LogP contribution in [0.3, 0.4) is 0 Å². The largest absolute Gasteiger partial charge is 0.325 e. The van der Waals surface area contributed by atoms with Crippen molar-refractivity contribution in [2.45, 2.75) is 27.7 Å². The van der Waals surface area contributed by atoms with Crippen LogP contribution < -0.4 is 0 Å². The van der Waals surface area contributed by atoms with Gasteiger partial charge in [-0.25, -0.2) is 0 Å². The maximum Gasteiger partial charge on any atom is 0.325 e. The fraction of sp³-hybridized carbons (Fsp3) is 1.00. The Bertz CT molecular complexity index is 116. The van der Waals surface area contributed by atoms with E-state index in [1.165, 1.54) is 0 Å². The molecule has 0 spiro atoms. The van der Waals surface area contributed by atoms with E-state index in [9.17, 15) is 4.57 Å². The molecule has 0 radical (unpaired) electrons. The van der Waals surface area contributed by atoms with E-state index in [1.54, 1.807) is 0 Å². The van der Waals surface area contributed by atoms with Crippen LogP contribution in [0.2, 0.25) is 0 Å². The summed E-state index contributed by atoms with van der Waals surface area (Å²) >= 11 is 0. The molecule has 2 N–H and O–H groups in total. The molecular formula is C6H17O3P. The molecule has 0 atom stereocenters. The van der Waals surface area contributed by atoms with Crippen molar-refractivity contribution >= 4 is 7.60 Å². The first-order chi connectivity index (χ1) is 3.92. The van der Waals surface area contributed by atoms with Gasteiger partial charge in [0.25, 0.3) is 0 Å². The molecule has 0 fully saturated rings. The van der Waals surface area contributed by atoms with Crippen LogP contribution in [0.15, 0.2) is 0 Å². The summed E-state index contributed by atoms with van der Waals surface area (Å²) in [5, 5.41) is 0. The predicted molar refractivity (Wildman–Crippen MR) is 43.1 cm³/mol. The molecule has 0 aliphatic carbocycles. The van der Waals surface area contributed by atoms with E-state index in [4.69, 9.17) is 9.79 Å². The lowest BCUT2D eigenvalue weighted by atomic mass is 10.2. The molecule has 0 aromatic carbocycles. The molecule has 0 unspecified atom stereocenters. The second-order valence-electron chi connectivity index (χ2n) is 2.57. The Morgan fingerprint density at radius 2 is 1.80 bits per heavy atom. The van der Waals surface area contributed by atoms with Gasteiger partial charge in [0.15, 0.2) is 0 Å². The summed E-state index contributed by atoms with van der Waals surface area (Å²) in [6.45, 7) is 3.88. The van der Waals surface area contributed by atoms with Crippen LogP contribution in [0.4, 0.5) is 0 Å². The monoisotopic (exact) mass is 168 g/mol. The molecule has 10 heavy (non-hydrogen) atoms. The van der Waals surface area contributed by atoms with Gasteiger partial charge in [-0.2, -0.15) is 0 Å². The van der Waals surface area contributed by atoms with E-state index in [1.807, 2.05) is 13.8 Å². The maximum atomic E-state index is 10.2. The molecular weight excluding hydrogens is 151 g/mol. The second-order valence-corrected chi connectivity index (χ2v) is 4.35. The fourth-order valence-electron chi connectivity index (χ4n) is 0.426. The minimum absolute atomic E-state index is 0. The van der Waals surface area contributed by atoms with Gasteiger partial charge in [-0.05, 0) is 12.3 Å². The first kappa shape index (κ1) is 12.8. The van der Waals surface area contributed by atoms with Gasteiger partial charge in [0, 0.05) is 0 Å². The van der Waals surface area contributed by atoms with Gasteiger partial charge < -0.3 is 9.79 Å². The smallest absolute Gasteiger partial charge is 0.324 e. The van der Waals surface area contributed by atoms with Crippen LogP contribution in [0.25, 0.3) is 0 Å². The molecule has 0 aromatic rings. The van der Waals surface area contributed by atoms with Crippen LogP contribution in [0, 0.1) is 5.92 Å². The zero-order valence-corrected chi connectivity index (χ0v) is 6.64. The third-order valence-electron chi connectivity index (χ3n) is 0.998. The van der Waals surface area contributed by atoms with Crippen LogP contribution in [-0.4, -0.2) is 15.9 Å². The van der Waals surface area contributed by atoms with Crippen molar-refractivity contribution in [1.82, 2.24) is 0 Å². The standard InChI is InChI=1S/C5H13O3P.CH4/c1-5(2)3-4-9(6,7)8;/h5H,3-4H2,1-2H3,(H2,6,7,8);1H4. The summed E-state index contributed by atoms with van der Waals surface area (Å²) in [6.07, 6.45) is 0.620. The Labute approximate surface area is 62.6 Å². The molecule has 3 nitrogen and oxygen atoms in total. The van der Waals surface area contributed by atoms with Gasteiger partial charge in [-0.15, -0.1) is 0 Å². The third-order valence-corrected chi connectivity index (χ3v) is 1.84. The zero-order chi connectivity index (χ0) is 7.49. The van der Waals surface area contributed by atoms with Crippen LogP contribution in [-0.2, 0) is 4.57 Å². The minimum atomic E-state index is -3.72. The van der Waals surface area contributed by atoms with E-state index < -0.39 is 7.60 Å². The minimum Gasteiger partial charge on any atom is -0.324 e. The van der Waals surface area contributed by atoms with Crippen LogP contribution in [0.1, 0.15) is 27.7 Å². The molecule has 0 saturated heterocycles. The lowest BCUT2D eigenvalue weighted by Crippen LogP contribution is -1.93. The van der Waals surface area contributed by atoms with Crippen molar-refractivity contribution in [3.63, 3.8) is 0 Å². The fourth-order valence-corrected chi connectivity index (χ4v) is 1.28. The summed E-state index contributed by atoms with van der Waals surface area (Å²) in [4.78, 5) is 16.8. The Morgan fingerprint density at radius 1 is 1.40 bits per heavy atom. The van der Waals surface area contributed by atoms with Crippen molar-refractivity contribution in [3.8, 4) is 0 Å². The van der Waals surface area contributed by atoms with Crippen molar-refractivity contribution in [3.05, 3.63) is 0 Å². The predicted octanol–water partition coefficient (Wildman–Crippen LogP) is 1.85. The van der Waals surface area contributed by atoms with Crippen molar-refractivity contribution in [1.29, 1.82) is 0 Å². The van der Waals surface area contributed by atoms with E-state index in [0.29, 0.717) is 12.3 Å². The van der Waals surface area contributed by atoms with Gasteiger partial charge in [0.2, 0.25) is 0 Å². The SMILES string of the molecule is C.CC(C)CCP(=O)(O)O. The lowest BCUT2D eigenvalue weighted by Gasteiger charge is -2.04. The summed E-state index contributed by atoms with van der Waals surface area (Å²) in [7, 11) is -3.72. The molecule has 0 rings (SSSR count). The Balaban J connectivity index is 0. The highest BCUT2D eigenvalue weighted by atomic mass is 31.2. The molecule has 4 heteroatoms. The molecule has 0 aromatic heterocycles. The quantitative estimate of drug-likeness (QED) is 0.632. The Morgan fingerprint density at radius 3 is 1.90 bits per heavy atom. The van der Waals surface area contributed by atoms with Gasteiger partial charge in [0.05, 0.1) is 6.16 Å². The Hall–Kier alpha value is 0.150. The topological polar surface area (TPSA) is 57.5 Å². The summed E-state index contributed by atoms with van der Waals surface area (Å²) in [5.41, 5.74) is 0. The highest BCUT2D eigenvalue weighted by Crippen LogP contribution is 2.35. The molecule has 0 aliphatic heterocycles. The van der Waals surface area contributed by atoms with E-state index >= 15 is 0 Å². The molecule has 0 bridgehead atoms. The second kappa shape index (κ2) is 4.89. The van der Waals surface area contributed by atoms with Gasteiger partial charge in [-0.3, -0.25) is 4.57 Å². The molecule has 0 heterocycles. The number of hydrogen-bond acceptors (Lipinski definition) is 1. The zero-order valence-electron chi connectivity index (χ0n) is 5.74. The highest BCUT2D eigenvalue weighted by Gasteiger charge is 2.12. The van der Waals surface area contributed by atoms with Crippen molar-refractivity contribution in [2.75, 3.05) is 6.16 Å². The van der Waals surface area contributed by atoms with Crippen molar-refractivity contribution in [2.24, 2.45) is 5.92 Å². The average molecular weight is 168 g/mol. The number of rotatable bonds is 3. The first-order valence-electron chi connectivity index (χ1n) is 2.96. The van der Waals surface area contributed by atoms with Gasteiger partial charge >= 0.3 is 7.60 Å². The third kappa shape index (κ3) is 11.0. The van der Waals surface area contributed by atoms with Crippen molar-refractivity contribution < 1.29 is 14.4 Å². The summed E-state index contributed by atoms with van der Waals surface area (Å²) in [5.74, 6) is 0.373. The number of hydrogen-bond donors (Lipinski definition) is 2. The van der Waals surface area contributed by atoms with Crippen LogP contribution >= 0.6 is 7.60 Å². The lowest BCUT2D eigenvalue weighted by molar-refractivity contribution is 0.368. The first-order valence-corrected chi connectivity index (χ1v) is 4.76.